The van der Waals surface area contributed by atoms with Gasteiger partial charge in [0.1, 0.15) is 5.76 Å². The zero-order valence-electron chi connectivity index (χ0n) is 16.8. The van der Waals surface area contributed by atoms with Crippen LogP contribution in [0.25, 0.3) is 16.6 Å². The van der Waals surface area contributed by atoms with E-state index in [1.54, 1.807) is 22.8 Å². The van der Waals surface area contributed by atoms with E-state index in [9.17, 15) is 9.59 Å². The summed E-state index contributed by atoms with van der Waals surface area (Å²) in [6, 6.07) is 16.5. The SMILES string of the molecule is COC(=O)c1ccc(CSc2nc3ccccc3c(=O)n2-c2cccc(C)c2C)o1. The molecule has 0 radical (unpaired) electrons. The number of fused-ring (bicyclic) bond motifs is 1. The molecule has 0 aliphatic heterocycles. The highest BCUT2D eigenvalue weighted by molar-refractivity contribution is 7.98. The molecule has 4 aromatic rings. The zero-order valence-corrected chi connectivity index (χ0v) is 17.7. The van der Waals surface area contributed by atoms with Gasteiger partial charge in [0.15, 0.2) is 5.16 Å². The molecule has 2 aromatic heterocycles. The molecule has 0 saturated heterocycles. The van der Waals surface area contributed by atoms with E-state index in [2.05, 4.69) is 4.74 Å². The number of benzene rings is 2. The van der Waals surface area contributed by atoms with Crippen LogP contribution in [0.1, 0.15) is 27.4 Å². The Labute approximate surface area is 177 Å². The van der Waals surface area contributed by atoms with E-state index >= 15 is 0 Å². The number of methoxy groups -OCH3 is 1. The third-order valence-corrected chi connectivity index (χ3v) is 5.91. The number of hydrogen-bond donors (Lipinski definition) is 0. The minimum atomic E-state index is -0.526. The maximum absolute atomic E-state index is 13.4. The Morgan fingerprint density at radius 2 is 1.90 bits per heavy atom. The predicted molar refractivity (Wildman–Crippen MR) is 116 cm³/mol. The molecule has 0 aliphatic carbocycles. The van der Waals surface area contributed by atoms with Crippen LogP contribution in [-0.2, 0) is 10.5 Å². The lowest BCUT2D eigenvalue weighted by molar-refractivity contribution is 0.0563. The van der Waals surface area contributed by atoms with Crippen molar-refractivity contribution in [2.75, 3.05) is 7.11 Å². The fourth-order valence-electron chi connectivity index (χ4n) is 3.20. The molecule has 0 saturated carbocycles. The molecule has 0 N–H and O–H groups in total. The predicted octanol–water partition coefficient (Wildman–Crippen LogP) is 4.67. The van der Waals surface area contributed by atoms with Gasteiger partial charge in [-0.1, -0.05) is 36.0 Å². The fourth-order valence-corrected chi connectivity index (χ4v) is 4.10. The van der Waals surface area contributed by atoms with Gasteiger partial charge in [0, 0.05) is 0 Å². The number of thioether (sulfide) groups is 1. The Bertz CT molecular complexity index is 1310. The van der Waals surface area contributed by atoms with Gasteiger partial charge < -0.3 is 9.15 Å². The zero-order chi connectivity index (χ0) is 21.3. The number of hydrogen-bond acceptors (Lipinski definition) is 6. The van der Waals surface area contributed by atoms with Crippen LogP contribution in [0.3, 0.4) is 0 Å². The highest BCUT2D eigenvalue weighted by atomic mass is 32.2. The van der Waals surface area contributed by atoms with Gasteiger partial charge in [-0.15, -0.1) is 0 Å². The van der Waals surface area contributed by atoms with E-state index in [4.69, 9.17) is 9.40 Å². The number of esters is 1. The van der Waals surface area contributed by atoms with Crippen molar-refractivity contribution in [2.24, 2.45) is 0 Å². The van der Waals surface area contributed by atoms with Gasteiger partial charge in [-0.25, -0.2) is 9.78 Å². The van der Waals surface area contributed by atoms with Crippen LogP contribution in [-0.4, -0.2) is 22.6 Å². The highest BCUT2D eigenvalue weighted by Crippen LogP contribution is 2.27. The van der Waals surface area contributed by atoms with Gasteiger partial charge in [-0.3, -0.25) is 9.36 Å². The van der Waals surface area contributed by atoms with Crippen molar-refractivity contribution in [1.82, 2.24) is 9.55 Å². The van der Waals surface area contributed by atoms with Crippen molar-refractivity contribution in [3.63, 3.8) is 0 Å². The Morgan fingerprint density at radius 1 is 1.10 bits per heavy atom. The molecule has 0 aliphatic rings. The highest BCUT2D eigenvalue weighted by Gasteiger charge is 2.17. The van der Waals surface area contributed by atoms with Gasteiger partial charge in [0.05, 0.1) is 29.5 Å². The first-order valence-corrected chi connectivity index (χ1v) is 10.4. The summed E-state index contributed by atoms with van der Waals surface area (Å²) in [5.41, 5.74) is 3.44. The molecular formula is C23H20N2O4S. The van der Waals surface area contributed by atoms with Crippen LogP contribution in [0.5, 0.6) is 0 Å². The summed E-state index contributed by atoms with van der Waals surface area (Å²) in [6.07, 6.45) is 0. The van der Waals surface area contributed by atoms with E-state index in [1.807, 2.05) is 50.2 Å². The number of aromatic nitrogens is 2. The molecule has 152 valence electrons. The maximum Gasteiger partial charge on any atom is 0.373 e. The second-order valence-corrected chi connectivity index (χ2v) is 7.76. The number of carbonyl (C=O) groups excluding carboxylic acids is 1. The fraction of sp³-hybridized carbons (Fsp3) is 0.174. The molecule has 0 unspecified atom stereocenters. The third kappa shape index (κ3) is 3.64. The third-order valence-electron chi connectivity index (χ3n) is 4.95. The van der Waals surface area contributed by atoms with Crippen LogP contribution < -0.4 is 5.56 Å². The number of para-hydroxylation sites is 1. The van der Waals surface area contributed by atoms with Crippen LogP contribution in [0.4, 0.5) is 0 Å². The number of aryl methyl sites for hydroxylation is 1. The molecule has 2 heterocycles. The number of carbonyl (C=O) groups is 1. The molecule has 2 aromatic carbocycles. The smallest absolute Gasteiger partial charge is 0.373 e. The lowest BCUT2D eigenvalue weighted by Crippen LogP contribution is -2.22. The Balaban J connectivity index is 1.80. The quantitative estimate of drug-likeness (QED) is 0.265. The topological polar surface area (TPSA) is 74.3 Å². The molecular weight excluding hydrogens is 400 g/mol. The Morgan fingerprint density at radius 3 is 2.70 bits per heavy atom. The molecule has 30 heavy (non-hydrogen) atoms. The van der Waals surface area contributed by atoms with Crippen molar-refractivity contribution in [3.8, 4) is 5.69 Å². The summed E-state index contributed by atoms with van der Waals surface area (Å²) in [6.45, 7) is 4.01. The lowest BCUT2D eigenvalue weighted by atomic mass is 10.1. The van der Waals surface area contributed by atoms with Crippen molar-refractivity contribution in [2.45, 2.75) is 24.8 Å². The van der Waals surface area contributed by atoms with Crippen molar-refractivity contribution in [1.29, 1.82) is 0 Å². The summed E-state index contributed by atoms with van der Waals surface area (Å²) < 4.78 is 11.9. The first kappa shape index (κ1) is 20.0. The molecule has 0 atom stereocenters. The summed E-state index contributed by atoms with van der Waals surface area (Å²) in [7, 11) is 1.31. The van der Waals surface area contributed by atoms with E-state index in [0.717, 1.165) is 16.8 Å². The summed E-state index contributed by atoms with van der Waals surface area (Å²) in [5, 5.41) is 1.12. The molecule has 0 spiro atoms. The van der Waals surface area contributed by atoms with Crippen LogP contribution >= 0.6 is 11.8 Å². The first-order chi connectivity index (χ1) is 14.5. The van der Waals surface area contributed by atoms with E-state index in [1.165, 1.54) is 18.9 Å². The monoisotopic (exact) mass is 420 g/mol. The molecule has 0 bridgehead atoms. The summed E-state index contributed by atoms with van der Waals surface area (Å²) in [5.74, 6) is 0.622. The van der Waals surface area contributed by atoms with Crippen molar-refractivity contribution >= 4 is 28.6 Å². The van der Waals surface area contributed by atoms with Gasteiger partial charge in [0.2, 0.25) is 5.76 Å². The van der Waals surface area contributed by atoms with E-state index in [-0.39, 0.29) is 11.3 Å². The molecule has 0 amide bonds. The van der Waals surface area contributed by atoms with Crippen LogP contribution in [0.2, 0.25) is 0 Å². The Hall–Kier alpha value is -3.32. The number of rotatable bonds is 5. The van der Waals surface area contributed by atoms with E-state index < -0.39 is 5.97 Å². The van der Waals surface area contributed by atoms with Gasteiger partial charge in [-0.05, 0) is 55.3 Å². The van der Waals surface area contributed by atoms with Crippen LogP contribution in [0.15, 0.2) is 69.0 Å². The molecule has 7 heteroatoms. The average Bonchev–Trinajstić information content (AvgIpc) is 3.23. The normalized spacial score (nSPS) is 11.0. The molecule has 4 rings (SSSR count). The lowest BCUT2D eigenvalue weighted by Gasteiger charge is -2.16. The van der Waals surface area contributed by atoms with Gasteiger partial charge in [-0.2, -0.15) is 0 Å². The Kier molecular flexibility index (Phi) is 5.46. The second kappa shape index (κ2) is 8.20. The van der Waals surface area contributed by atoms with E-state index in [0.29, 0.717) is 27.6 Å². The van der Waals surface area contributed by atoms with Crippen LogP contribution in [0, 0.1) is 13.8 Å². The second-order valence-electron chi connectivity index (χ2n) is 6.82. The van der Waals surface area contributed by atoms with Crippen molar-refractivity contribution < 1.29 is 13.9 Å². The number of furan rings is 1. The number of ether oxygens (including phenoxy) is 1. The largest absolute Gasteiger partial charge is 0.463 e. The standard InChI is InChI=1S/C23H20N2O4S/c1-14-7-6-10-19(15(14)2)25-21(26)17-8-4-5-9-18(17)24-23(25)30-13-16-11-12-20(29-16)22(27)28-3/h4-12H,13H2,1-3H3. The molecule has 6 nitrogen and oxygen atoms in total. The molecule has 0 fully saturated rings. The van der Waals surface area contributed by atoms with Crippen molar-refractivity contribution in [3.05, 3.63) is 87.6 Å². The summed E-state index contributed by atoms with van der Waals surface area (Å²) in [4.78, 5) is 29.8. The number of nitrogens with zero attached hydrogens (tertiary/aromatic N) is 2. The average molecular weight is 420 g/mol. The summed E-state index contributed by atoms with van der Waals surface area (Å²) >= 11 is 1.38. The van der Waals surface area contributed by atoms with Gasteiger partial charge in [0.25, 0.3) is 5.56 Å². The van der Waals surface area contributed by atoms with Gasteiger partial charge >= 0.3 is 5.97 Å². The maximum atomic E-state index is 13.4. The minimum absolute atomic E-state index is 0.119. The first-order valence-electron chi connectivity index (χ1n) is 9.38. The minimum Gasteiger partial charge on any atom is -0.463 e.